The number of carbonyl (C=O) groups excluding carboxylic acids is 10. The summed E-state index contributed by atoms with van der Waals surface area (Å²) >= 11 is 2.23. The van der Waals surface area contributed by atoms with Crippen LogP contribution in [0.1, 0.15) is 49.5 Å². The zero-order chi connectivity index (χ0) is 51.9. The first-order valence-electron chi connectivity index (χ1n) is 20.8. The topological polar surface area (TPSA) is 421 Å². The molecule has 33 heteroatoms. The second kappa shape index (κ2) is 22.0. The van der Waals surface area contributed by atoms with Crippen molar-refractivity contribution in [2.75, 3.05) is 37.1 Å². The van der Waals surface area contributed by atoms with Crippen molar-refractivity contribution < 1.29 is 115 Å². The number of rotatable bonds is 17. The Morgan fingerprint density at radius 1 is 0.861 bits per heavy atom. The number of allylic oxidation sites excluding steroid dienone is 1. The molecule has 6 saturated heterocycles. The molecule has 380 valence electrons. The van der Waals surface area contributed by atoms with Gasteiger partial charge in [-0.15, -0.1) is 22.7 Å². The van der Waals surface area contributed by atoms with Gasteiger partial charge in [-0.1, -0.05) is 15.9 Å². The fourth-order valence-corrected chi connectivity index (χ4v) is 13.5. The molecule has 10 atom stereocenters. The minimum Gasteiger partial charge on any atom is -0.544 e. The minimum atomic E-state index is -2.39. The summed E-state index contributed by atoms with van der Waals surface area (Å²) in [6, 6.07) is -1.42. The largest absolute Gasteiger partial charge is 1.00 e. The van der Waals surface area contributed by atoms with Gasteiger partial charge in [-0.25, -0.2) is 14.8 Å². The molecule has 2 aromatic rings. The van der Waals surface area contributed by atoms with E-state index in [9.17, 15) is 61.5 Å². The zero-order valence-electron chi connectivity index (χ0n) is 38.2. The van der Waals surface area contributed by atoms with E-state index in [1.54, 1.807) is 18.4 Å². The molecule has 7 N–H and O–H groups in total. The molecule has 6 aliphatic rings. The van der Waals surface area contributed by atoms with Gasteiger partial charge in [-0.2, -0.15) is 0 Å². The van der Waals surface area contributed by atoms with Crippen molar-refractivity contribution >= 4 is 120 Å². The van der Waals surface area contributed by atoms with Gasteiger partial charge in [0.1, 0.15) is 40.8 Å². The van der Waals surface area contributed by atoms with E-state index in [2.05, 4.69) is 25.6 Å². The Labute approximate surface area is 440 Å². The van der Waals surface area contributed by atoms with Crippen LogP contribution >= 0.6 is 22.7 Å². The molecule has 6 fully saturated rings. The predicted molar refractivity (Wildman–Crippen MR) is 238 cm³/mol. The fourth-order valence-electron chi connectivity index (χ4n) is 8.43. The number of nitrogens with one attached hydrogen (secondary N) is 1. The van der Waals surface area contributed by atoms with Gasteiger partial charge in [0.2, 0.25) is 11.6 Å². The molecular weight excluding hydrogens is 1050 g/mol. The van der Waals surface area contributed by atoms with Crippen molar-refractivity contribution in [2.45, 2.75) is 68.3 Å². The normalized spacial score (nSPS) is 28.8. The molecule has 28 nitrogen and oxygen atoms in total. The van der Waals surface area contributed by atoms with Crippen LogP contribution in [0.15, 0.2) is 32.7 Å². The zero-order valence-corrected chi connectivity index (χ0v) is 43.5. The molecule has 0 saturated carbocycles. The number of aliphatic carboxylic acids is 1. The number of primary amides is 2. The molecule has 8 heterocycles. The van der Waals surface area contributed by atoms with Gasteiger partial charge in [-0.05, 0) is 26.8 Å². The van der Waals surface area contributed by atoms with Crippen LogP contribution in [-0.2, 0) is 93.4 Å². The first kappa shape index (κ1) is 55.3. The maximum Gasteiger partial charge on any atom is 1.00 e. The number of ketones is 1. The molecule has 0 unspecified atom stereocenters. The number of carboxylic acids is 1. The molecule has 0 aromatic carbocycles. The third-order valence-corrected chi connectivity index (χ3v) is 16.5. The van der Waals surface area contributed by atoms with Crippen LogP contribution in [0, 0.1) is 24.7 Å². The van der Waals surface area contributed by atoms with E-state index in [0.717, 1.165) is 21.8 Å². The van der Waals surface area contributed by atoms with Crippen molar-refractivity contribution in [2.24, 2.45) is 39.5 Å². The number of nitrogens with two attached hydrogens (primary N) is 3. The Morgan fingerprint density at radius 3 is 1.94 bits per heavy atom. The number of nitrogens with zero attached hydrogens (tertiary/aromatic N) is 6. The maximum absolute atomic E-state index is 13.4. The second-order valence-electron chi connectivity index (χ2n) is 16.5. The Kier molecular flexibility index (Phi) is 16.9. The van der Waals surface area contributed by atoms with E-state index in [0.29, 0.717) is 9.91 Å². The summed E-state index contributed by atoms with van der Waals surface area (Å²) in [5, 5.41) is 22.7. The molecular formula is C39H41N10NaO18S4. The van der Waals surface area contributed by atoms with Crippen molar-refractivity contribution in [3.63, 3.8) is 0 Å². The number of hydrogen-bond acceptors (Lipinski definition) is 25. The number of ether oxygens (including phenoxy) is 3. The first-order valence-corrected chi connectivity index (χ1v) is 25.3. The third kappa shape index (κ3) is 10.4. The minimum absolute atomic E-state index is 0. The first-order chi connectivity index (χ1) is 33.5. The van der Waals surface area contributed by atoms with E-state index >= 15 is 0 Å². The predicted octanol–water partition coefficient (Wildman–Crippen LogP) is -7.71. The number of carboxylic acid groups (broad SMARTS) is 1. The van der Waals surface area contributed by atoms with Gasteiger partial charge in [0, 0.05) is 56.2 Å². The number of esters is 3. The number of amides is 5. The van der Waals surface area contributed by atoms with Crippen LogP contribution in [-0.4, -0.2) is 158 Å². The molecule has 72 heavy (non-hydrogen) atoms. The summed E-state index contributed by atoms with van der Waals surface area (Å²) in [5.74, 6) is -12.6. The molecule has 0 aliphatic carbocycles. The van der Waals surface area contributed by atoms with Gasteiger partial charge < -0.3 is 56.3 Å². The molecule has 6 aliphatic heterocycles. The summed E-state index contributed by atoms with van der Waals surface area (Å²) in [7, 11) is -3.51. The van der Waals surface area contributed by atoms with Crippen LogP contribution in [0.25, 0.3) is 0 Å². The van der Waals surface area contributed by atoms with E-state index in [1.165, 1.54) is 16.7 Å². The van der Waals surface area contributed by atoms with Gasteiger partial charge in [0.25, 0.3) is 29.4 Å². The van der Waals surface area contributed by atoms with Crippen molar-refractivity contribution in [3.8, 4) is 0 Å². The smallest absolute Gasteiger partial charge is 0.544 e. The number of thiazole rings is 2. The standard InChI is InChI=1S/C23H26N4O9S2.C16H16N6O9S2.Na/c1-11(2)4-5-34-22(32)23-13(6-18(30)36-23)10-38(33)21-14(20(31)27(21)23)7-16(28)19(26-35-8-17(24)29)15-9-37-12(3)25-15;17-7(23)2-30-21-9(6-3-32-15(18)19-6)11(25)20-10-12(26)22-13(10)33(29)4-5-1-8(24)31-16(5,22)14(27)28;/h4,9,13-14,21H,5-8,10H2,1-3H3,(H2,24,29);3,5,10,13H,1-2,4H2,(H2,17,23)(H2,18,19)(H,20,25)(H,27,28);/q;;+1/p-1/b26-19-;21-9-;/t13-,14+,21+,23+,38-;5-,10+,13+,16+,33-;/m00./s1. The van der Waals surface area contributed by atoms with Gasteiger partial charge in [0.05, 0.1) is 29.7 Å². The van der Waals surface area contributed by atoms with E-state index < -0.39 is 152 Å². The Hall–Kier alpha value is -6.06. The Morgan fingerprint density at radius 2 is 1.40 bits per heavy atom. The van der Waals surface area contributed by atoms with Crippen molar-refractivity contribution in [1.29, 1.82) is 0 Å². The van der Waals surface area contributed by atoms with Crippen LogP contribution in [0.2, 0.25) is 0 Å². The number of hydrogen-bond donors (Lipinski definition) is 4. The molecule has 0 radical (unpaired) electrons. The van der Waals surface area contributed by atoms with Gasteiger partial charge in [-0.3, -0.25) is 56.6 Å². The summed E-state index contributed by atoms with van der Waals surface area (Å²) in [5.41, 5.74) is 11.5. The number of aryl methyl sites for hydroxylation is 1. The Bertz CT molecular complexity index is 2800. The SMILES string of the molecule is CC(C)=CCOC(=O)[C@]12OC(=O)C[C@H]1C[S@](=O)[C@@H]1[C@H](CC(=O)/C(=N\OCC(N)=O)c3csc(C)n3)C(=O)N12.NC(=O)CO/N=C(\C(=O)N[C@@H]1C(=O)N2[C@@H]1[S@@](=O)C[C@@H]1CC(=O)O[C@@]12C(=O)[O-])c1csc(N)n1.[Na+]. The number of nitrogen functional groups attached to an aromatic ring is 1. The number of aromatic nitrogens is 2. The van der Waals surface area contributed by atoms with E-state index in [1.807, 2.05) is 13.8 Å². The summed E-state index contributed by atoms with van der Waals surface area (Å²) in [4.78, 5) is 143. The number of oxime groups is 2. The molecule has 2 aromatic heterocycles. The van der Waals surface area contributed by atoms with E-state index in [4.69, 9.17) is 41.1 Å². The van der Waals surface area contributed by atoms with Gasteiger partial charge >= 0.3 is 47.5 Å². The molecule has 5 amide bonds. The van der Waals surface area contributed by atoms with Crippen LogP contribution in [0.3, 0.4) is 0 Å². The molecule has 0 bridgehead atoms. The summed E-state index contributed by atoms with van der Waals surface area (Å²) in [6.07, 6.45) is 0.690. The fraction of sp³-hybridized carbons (Fsp3) is 0.487. The maximum atomic E-state index is 13.4. The number of Topliss-reactive ketones (excluding diaryl/α,β-unsaturated/α-hetero) is 1. The van der Waals surface area contributed by atoms with Crippen LogP contribution in [0.5, 0.6) is 0 Å². The monoisotopic (exact) mass is 1090 g/mol. The van der Waals surface area contributed by atoms with Crippen molar-refractivity contribution in [1.82, 2.24) is 25.1 Å². The third-order valence-electron chi connectivity index (χ3n) is 11.5. The molecule has 8 rings (SSSR count). The average molecular weight is 1090 g/mol. The molecule has 0 spiro atoms. The summed E-state index contributed by atoms with van der Waals surface area (Å²) in [6.45, 7) is 4.02. The van der Waals surface area contributed by atoms with E-state index in [-0.39, 0.29) is 82.7 Å². The summed E-state index contributed by atoms with van der Waals surface area (Å²) < 4.78 is 41.6. The average Bonchev–Trinajstić information content (AvgIpc) is 4.08. The number of β-lactam (4-membered cyclic amide) rings is 2. The quantitative estimate of drug-likeness (QED) is 0.0217. The Balaban J connectivity index is 0.000000234. The van der Waals surface area contributed by atoms with Gasteiger partial charge in [0.15, 0.2) is 35.6 Å². The number of fused-ring (bicyclic) bond motifs is 6. The van der Waals surface area contributed by atoms with Crippen molar-refractivity contribution in [3.05, 3.63) is 38.8 Å². The van der Waals surface area contributed by atoms with Crippen LogP contribution in [0.4, 0.5) is 5.13 Å². The number of anilines is 1. The van der Waals surface area contributed by atoms with Crippen LogP contribution < -0.4 is 57.2 Å². The number of carbonyl (C=O) groups is 10. The second-order valence-corrected chi connectivity index (χ2v) is 21.6.